The number of fused-ring (bicyclic) bond motifs is 1. The third-order valence-corrected chi connectivity index (χ3v) is 8.55. The molecule has 1 atom stereocenters. The first kappa shape index (κ1) is 26.7. The number of rotatable bonds is 5. The van der Waals surface area contributed by atoms with Crippen LogP contribution in [0.5, 0.6) is 5.75 Å². The molecule has 6 rings (SSSR count). The van der Waals surface area contributed by atoms with Gasteiger partial charge in [-0.15, -0.1) is 0 Å². The standard InChI is InChI=1S/C30H31ClF2N4O3/c1-17-28(18(2)40-35-17)19-7-9-24-23(15-19)34-29(37(24)20-11-13-30(32,33)14-12-20)25-5-4-6-27(38)36(25)21-8-10-26(39-3)22(31)16-21/h7-10,15-16,20,25H,4-6,11-14H2,1-3H3/t25-/m0/s1. The molecule has 0 bridgehead atoms. The summed E-state index contributed by atoms with van der Waals surface area (Å²) in [7, 11) is 1.54. The SMILES string of the molecule is COc1ccc(N2C(=O)CCC[C@H]2c2nc3cc(-c4c(C)noc4C)ccc3n2C2CCC(F)(F)CC2)cc1Cl. The highest BCUT2D eigenvalue weighted by Crippen LogP contribution is 2.45. The zero-order valence-corrected chi connectivity index (χ0v) is 23.5. The van der Waals surface area contributed by atoms with Gasteiger partial charge in [0.15, 0.2) is 0 Å². The van der Waals surface area contributed by atoms with Crippen molar-refractivity contribution in [3.63, 3.8) is 0 Å². The van der Waals surface area contributed by atoms with Crippen LogP contribution in [-0.2, 0) is 4.79 Å². The molecular formula is C30H31ClF2N4O3. The maximum absolute atomic E-state index is 14.2. The van der Waals surface area contributed by atoms with Crippen LogP contribution < -0.4 is 9.64 Å². The second-order valence-corrected chi connectivity index (χ2v) is 11.2. The van der Waals surface area contributed by atoms with Gasteiger partial charge >= 0.3 is 0 Å². The zero-order valence-electron chi connectivity index (χ0n) is 22.7. The van der Waals surface area contributed by atoms with E-state index >= 15 is 0 Å². The monoisotopic (exact) mass is 568 g/mol. The van der Waals surface area contributed by atoms with E-state index < -0.39 is 5.92 Å². The molecule has 10 heteroatoms. The van der Waals surface area contributed by atoms with Crippen LogP contribution in [0.25, 0.3) is 22.2 Å². The number of aryl methyl sites for hydroxylation is 2. The number of alkyl halides is 2. The number of anilines is 1. The molecule has 1 aliphatic carbocycles. The number of hydrogen-bond donors (Lipinski definition) is 0. The highest BCUT2D eigenvalue weighted by molar-refractivity contribution is 6.32. The predicted octanol–water partition coefficient (Wildman–Crippen LogP) is 7.98. The normalized spacial score (nSPS) is 19.9. The van der Waals surface area contributed by atoms with Crippen molar-refractivity contribution in [1.82, 2.24) is 14.7 Å². The van der Waals surface area contributed by atoms with Gasteiger partial charge in [-0.2, -0.15) is 0 Å². The highest BCUT2D eigenvalue weighted by atomic mass is 35.5. The van der Waals surface area contributed by atoms with E-state index in [1.165, 1.54) is 0 Å². The molecule has 0 unspecified atom stereocenters. The number of carbonyl (C=O) groups excluding carboxylic acids is 1. The summed E-state index contributed by atoms with van der Waals surface area (Å²) in [6.45, 7) is 3.77. The minimum atomic E-state index is -2.66. The van der Waals surface area contributed by atoms with Crippen molar-refractivity contribution in [2.75, 3.05) is 12.0 Å². The summed E-state index contributed by atoms with van der Waals surface area (Å²) in [5.74, 6) is -0.736. The minimum Gasteiger partial charge on any atom is -0.495 e. The number of hydrogen-bond acceptors (Lipinski definition) is 5. The van der Waals surface area contributed by atoms with E-state index in [0.717, 1.165) is 27.9 Å². The third-order valence-electron chi connectivity index (χ3n) is 8.25. The molecule has 1 aliphatic heterocycles. The van der Waals surface area contributed by atoms with E-state index in [4.69, 9.17) is 25.8 Å². The van der Waals surface area contributed by atoms with Gasteiger partial charge in [-0.3, -0.25) is 4.79 Å². The first-order valence-electron chi connectivity index (χ1n) is 13.7. The molecule has 0 N–H and O–H groups in total. The summed E-state index contributed by atoms with van der Waals surface area (Å²) >= 11 is 6.46. The molecule has 2 aliphatic rings. The highest BCUT2D eigenvalue weighted by Gasteiger charge is 2.40. The van der Waals surface area contributed by atoms with Crippen molar-refractivity contribution in [2.24, 2.45) is 0 Å². The maximum atomic E-state index is 14.2. The number of nitrogens with zero attached hydrogens (tertiary/aromatic N) is 4. The van der Waals surface area contributed by atoms with Crippen LogP contribution >= 0.6 is 11.6 Å². The molecule has 40 heavy (non-hydrogen) atoms. The van der Waals surface area contributed by atoms with Crippen molar-refractivity contribution in [3.05, 3.63) is 58.7 Å². The Labute approximate surface area is 236 Å². The lowest BCUT2D eigenvalue weighted by Gasteiger charge is -2.37. The van der Waals surface area contributed by atoms with Crippen LogP contribution in [0.1, 0.15) is 74.3 Å². The fourth-order valence-electron chi connectivity index (χ4n) is 6.31. The molecule has 2 aromatic carbocycles. The number of methoxy groups -OCH3 is 1. The summed E-state index contributed by atoms with van der Waals surface area (Å²) in [4.78, 5) is 20.3. The summed E-state index contributed by atoms with van der Waals surface area (Å²) in [5.41, 5.74) is 4.89. The van der Waals surface area contributed by atoms with Crippen molar-refractivity contribution in [3.8, 4) is 16.9 Å². The molecule has 2 aromatic heterocycles. The fourth-order valence-corrected chi connectivity index (χ4v) is 6.57. The van der Waals surface area contributed by atoms with Gasteiger partial charge in [0.2, 0.25) is 11.8 Å². The number of amides is 1. The van der Waals surface area contributed by atoms with Crippen LogP contribution in [0.3, 0.4) is 0 Å². The Bertz CT molecular complexity index is 1570. The summed E-state index contributed by atoms with van der Waals surface area (Å²) in [6.07, 6.45) is 2.15. The van der Waals surface area contributed by atoms with Gasteiger partial charge in [0.25, 0.3) is 0 Å². The van der Waals surface area contributed by atoms with Gasteiger partial charge in [0, 0.05) is 36.6 Å². The molecule has 1 saturated carbocycles. The molecule has 2 fully saturated rings. The van der Waals surface area contributed by atoms with Crippen LogP contribution in [0.4, 0.5) is 14.5 Å². The number of benzene rings is 2. The molecule has 1 saturated heterocycles. The average molecular weight is 569 g/mol. The van der Waals surface area contributed by atoms with Crippen LogP contribution in [0, 0.1) is 13.8 Å². The topological polar surface area (TPSA) is 73.4 Å². The predicted molar refractivity (Wildman–Crippen MR) is 149 cm³/mol. The van der Waals surface area contributed by atoms with Gasteiger partial charge in [-0.25, -0.2) is 13.8 Å². The third kappa shape index (κ3) is 4.64. The molecular weight excluding hydrogens is 538 g/mol. The van der Waals surface area contributed by atoms with E-state index in [-0.39, 0.29) is 30.8 Å². The van der Waals surface area contributed by atoms with Crippen LogP contribution in [0.15, 0.2) is 40.9 Å². The second-order valence-electron chi connectivity index (χ2n) is 10.8. The first-order valence-corrected chi connectivity index (χ1v) is 14.0. The van der Waals surface area contributed by atoms with E-state index in [9.17, 15) is 13.6 Å². The molecule has 7 nitrogen and oxygen atoms in total. The molecule has 210 valence electrons. The summed E-state index contributed by atoms with van der Waals surface area (Å²) in [5, 5.41) is 4.50. The van der Waals surface area contributed by atoms with E-state index in [1.807, 2.05) is 38.1 Å². The Kier molecular flexibility index (Phi) is 6.81. The first-order chi connectivity index (χ1) is 19.2. The number of ether oxygens (including phenoxy) is 1. The van der Waals surface area contributed by atoms with Crippen molar-refractivity contribution in [1.29, 1.82) is 0 Å². The number of piperidine rings is 1. The van der Waals surface area contributed by atoms with Crippen LogP contribution in [0.2, 0.25) is 5.02 Å². The number of aromatic nitrogens is 3. The Balaban J connectivity index is 1.50. The molecule has 4 aromatic rings. The Morgan fingerprint density at radius 3 is 2.55 bits per heavy atom. The maximum Gasteiger partial charge on any atom is 0.248 e. The van der Waals surface area contributed by atoms with Gasteiger partial charge in [-0.05, 0) is 75.4 Å². The molecule has 1 amide bonds. The summed E-state index contributed by atoms with van der Waals surface area (Å²) in [6, 6.07) is 10.8. The van der Waals surface area contributed by atoms with E-state index in [1.54, 1.807) is 24.1 Å². The largest absolute Gasteiger partial charge is 0.495 e. The fraction of sp³-hybridized carbons (Fsp3) is 0.433. The zero-order chi connectivity index (χ0) is 28.2. The number of halogens is 3. The van der Waals surface area contributed by atoms with E-state index in [0.29, 0.717) is 60.1 Å². The Morgan fingerprint density at radius 1 is 1.10 bits per heavy atom. The number of carbonyl (C=O) groups is 1. The second kappa shape index (κ2) is 10.2. The van der Waals surface area contributed by atoms with Crippen molar-refractivity contribution in [2.45, 2.75) is 76.8 Å². The molecule has 3 heterocycles. The van der Waals surface area contributed by atoms with Crippen LogP contribution in [-0.4, -0.2) is 33.6 Å². The average Bonchev–Trinajstić information content (AvgIpc) is 3.47. The minimum absolute atomic E-state index is 0.0253. The molecule has 0 spiro atoms. The van der Waals surface area contributed by atoms with Gasteiger partial charge in [0.05, 0.1) is 34.9 Å². The Hall–Kier alpha value is -3.46. The quantitative estimate of drug-likeness (QED) is 0.244. The Morgan fingerprint density at radius 2 is 1.88 bits per heavy atom. The lowest BCUT2D eigenvalue weighted by Crippen LogP contribution is -2.40. The smallest absolute Gasteiger partial charge is 0.248 e. The van der Waals surface area contributed by atoms with Gasteiger partial charge in [0.1, 0.15) is 17.3 Å². The van der Waals surface area contributed by atoms with Gasteiger partial charge < -0.3 is 18.7 Å². The number of imidazole rings is 1. The van der Waals surface area contributed by atoms with Crippen molar-refractivity contribution >= 4 is 34.2 Å². The van der Waals surface area contributed by atoms with Gasteiger partial charge in [-0.1, -0.05) is 22.8 Å². The van der Waals surface area contributed by atoms with Crippen molar-refractivity contribution < 1.29 is 22.8 Å². The summed E-state index contributed by atoms with van der Waals surface area (Å²) < 4.78 is 41.2. The lowest BCUT2D eigenvalue weighted by atomic mass is 9.91. The lowest BCUT2D eigenvalue weighted by molar-refractivity contribution is -0.120. The van der Waals surface area contributed by atoms with E-state index in [2.05, 4.69) is 9.72 Å². The molecule has 0 radical (unpaired) electrons.